The standard InChI is InChI=1S/C23H22O/c1-24-20-13-15-22-19(16-20)12-14-21(17-8-4-2-5-9-17)23(22)18-10-6-3-7-11-18/h2-11,13,15-16,21,23H,12,14H2,1H3/t21-,23+/m0/s1. The van der Waals surface area contributed by atoms with Crippen LogP contribution in [0.25, 0.3) is 0 Å². The topological polar surface area (TPSA) is 9.23 Å². The molecule has 0 saturated heterocycles. The van der Waals surface area contributed by atoms with Gasteiger partial charge in [-0.2, -0.15) is 0 Å². The highest BCUT2D eigenvalue weighted by molar-refractivity contribution is 5.47. The Labute approximate surface area is 143 Å². The maximum absolute atomic E-state index is 5.43. The van der Waals surface area contributed by atoms with E-state index in [1.807, 2.05) is 0 Å². The quantitative estimate of drug-likeness (QED) is 0.615. The van der Waals surface area contributed by atoms with E-state index < -0.39 is 0 Å². The average Bonchev–Trinajstić information content (AvgIpc) is 2.68. The van der Waals surface area contributed by atoms with Gasteiger partial charge in [0.2, 0.25) is 0 Å². The molecule has 0 unspecified atom stereocenters. The molecule has 1 aliphatic rings. The molecular formula is C23H22O. The van der Waals surface area contributed by atoms with E-state index in [0.717, 1.165) is 12.2 Å². The van der Waals surface area contributed by atoms with Crippen LogP contribution in [0.1, 0.15) is 40.5 Å². The number of methoxy groups -OCH3 is 1. The molecule has 0 heterocycles. The third-order valence-corrected chi connectivity index (χ3v) is 5.20. The monoisotopic (exact) mass is 314 g/mol. The van der Waals surface area contributed by atoms with Gasteiger partial charge in [0.1, 0.15) is 5.75 Å². The summed E-state index contributed by atoms with van der Waals surface area (Å²) in [6.07, 6.45) is 2.28. The van der Waals surface area contributed by atoms with Gasteiger partial charge in [-0.3, -0.25) is 0 Å². The molecule has 1 aliphatic carbocycles. The first kappa shape index (κ1) is 15.0. The zero-order valence-corrected chi connectivity index (χ0v) is 14.0. The maximum Gasteiger partial charge on any atom is 0.119 e. The van der Waals surface area contributed by atoms with Crippen molar-refractivity contribution in [2.75, 3.05) is 7.11 Å². The average molecular weight is 314 g/mol. The molecule has 3 aromatic carbocycles. The Morgan fingerprint density at radius 2 is 1.46 bits per heavy atom. The van der Waals surface area contributed by atoms with E-state index in [-0.39, 0.29) is 0 Å². The van der Waals surface area contributed by atoms with E-state index in [1.54, 1.807) is 7.11 Å². The third-order valence-electron chi connectivity index (χ3n) is 5.20. The van der Waals surface area contributed by atoms with Gasteiger partial charge in [0.05, 0.1) is 7.11 Å². The predicted octanol–water partition coefficient (Wildman–Crippen LogP) is 5.56. The van der Waals surface area contributed by atoms with Crippen molar-refractivity contribution in [2.24, 2.45) is 0 Å². The first-order valence-electron chi connectivity index (χ1n) is 8.63. The Hall–Kier alpha value is -2.54. The first-order valence-corrected chi connectivity index (χ1v) is 8.63. The molecule has 4 rings (SSSR count). The second kappa shape index (κ2) is 6.52. The molecule has 3 aromatic rings. The van der Waals surface area contributed by atoms with Crippen molar-refractivity contribution < 1.29 is 4.74 Å². The van der Waals surface area contributed by atoms with E-state index in [2.05, 4.69) is 78.9 Å². The summed E-state index contributed by atoms with van der Waals surface area (Å²) in [5, 5.41) is 0. The molecule has 0 bridgehead atoms. The summed E-state index contributed by atoms with van der Waals surface area (Å²) in [7, 11) is 1.74. The van der Waals surface area contributed by atoms with Crippen LogP contribution in [0.3, 0.4) is 0 Å². The lowest BCUT2D eigenvalue weighted by Crippen LogP contribution is -2.20. The van der Waals surface area contributed by atoms with Gasteiger partial charge in [-0.1, -0.05) is 66.7 Å². The second-order valence-electron chi connectivity index (χ2n) is 6.51. The van der Waals surface area contributed by atoms with Crippen LogP contribution in [0.2, 0.25) is 0 Å². The van der Waals surface area contributed by atoms with Gasteiger partial charge >= 0.3 is 0 Å². The van der Waals surface area contributed by atoms with Crippen LogP contribution in [0.5, 0.6) is 5.75 Å². The van der Waals surface area contributed by atoms with E-state index in [0.29, 0.717) is 11.8 Å². The third kappa shape index (κ3) is 2.71. The number of benzene rings is 3. The fourth-order valence-electron chi connectivity index (χ4n) is 4.06. The lowest BCUT2D eigenvalue weighted by Gasteiger charge is -2.35. The van der Waals surface area contributed by atoms with Crippen LogP contribution >= 0.6 is 0 Å². The lowest BCUT2D eigenvalue weighted by molar-refractivity contribution is 0.412. The molecule has 0 N–H and O–H groups in total. The summed E-state index contributed by atoms with van der Waals surface area (Å²) in [4.78, 5) is 0. The minimum Gasteiger partial charge on any atom is -0.497 e. The summed E-state index contributed by atoms with van der Waals surface area (Å²) in [6.45, 7) is 0. The molecule has 0 saturated carbocycles. The van der Waals surface area contributed by atoms with Crippen molar-refractivity contribution in [3.63, 3.8) is 0 Å². The number of ether oxygens (including phenoxy) is 1. The van der Waals surface area contributed by atoms with Gasteiger partial charge in [0.25, 0.3) is 0 Å². The van der Waals surface area contributed by atoms with Gasteiger partial charge in [0, 0.05) is 5.92 Å². The van der Waals surface area contributed by atoms with Gasteiger partial charge in [-0.05, 0) is 53.1 Å². The molecule has 0 spiro atoms. The largest absolute Gasteiger partial charge is 0.497 e. The van der Waals surface area contributed by atoms with E-state index >= 15 is 0 Å². The van der Waals surface area contributed by atoms with Crippen LogP contribution in [-0.2, 0) is 6.42 Å². The number of rotatable bonds is 3. The van der Waals surface area contributed by atoms with E-state index in [4.69, 9.17) is 4.74 Å². The van der Waals surface area contributed by atoms with Gasteiger partial charge in [0.15, 0.2) is 0 Å². The summed E-state index contributed by atoms with van der Waals surface area (Å²) >= 11 is 0. The van der Waals surface area contributed by atoms with Crippen molar-refractivity contribution in [1.29, 1.82) is 0 Å². The zero-order chi connectivity index (χ0) is 16.4. The molecule has 24 heavy (non-hydrogen) atoms. The van der Waals surface area contributed by atoms with E-state index in [1.165, 1.54) is 28.7 Å². The Bertz CT molecular complexity index is 808. The summed E-state index contributed by atoms with van der Waals surface area (Å²) in [5.41, 5.74) is 5.71. The lowest BCUT2D eigenvalue weighted by atomic mass is 9.69. The van der Waals surface area contributed by atoms with E-state index in [9.17, 15) is 0 Å². The zero-order valence-electron chi connectivity index (χ0n) is 14.0. The number of aryl methyl sites for hydroxylation is 1. The Morgan fingerprint density at radius 1 is 0.792 bits per heavy atom. The summed E-state index contributed by atoms with van der Waals surface area (Å²) in [6, 6.07) is 28.5. The van der Waals surface area contributed by atoms with Gasteiger partial charge in [-0.25, -0.2) is 0 Å². The van der Waals surface area contributed by atoms with Crippen LogP contribution in [0.15, 0.2) is 78.9 Å². The molecule has 1 nitrogen and oxygen atoms in total. The van der Waals surface area contributed by atoms with Crippen molar-refractivity contribution in [2.45, 2.75) is 24.7 Å². The van der Waals surface area contributed by atoms with Crippen molar-refractivity contribution in [3.8, 4) is 5.75 Å². The molecule has 120 valence electrons. The Morgan fingerprint density at radius 3 is 2.12 bits per heavy atom. The Kier molecular flexibility index (Phi) is 4.08. The molecule has 0 fully saturated rings. The number of fused-ring (bicyclic) bond motifs is 1. The molecule has 0 aliphatic heterocycles. The van der Waals surface area contributed by atoms with Crippen molar-refractivity contribution >= 4 is 0 Å². The normalized spacial score (nSPS) is 19.5. The fraction of sp³-hybridized carbons (Fsp3) is 0.217. The first-order chi connectivity index (χ1) is 11.9. The maximum atomic E-state index is 5.43. The molecule has 1 heteroatoms. The number of hydrogen-bond acceptors (Lipinski definition) is 1. The van der Waals surface area contributed by atoms with Crippen LogP contribution in [0.4, 0.5) is 0 Å². The molecular weight excluding hydrogens is 292 g/mol. The van der Waals surface area contributed by atoms with Gasteiger partial charge < -0.3 is 4.74 Å². The smallest absolute Gasteiger partial charge is 0.119 e. The minimum atomic E-state index is 0.406. The highest BCUT2D eigenvalue weighted by Gasteiger charge is 2.31. The summed E-state index contributed by atoms with van der Waals surface area (Å²) < 4.78 is 5.43. The van der Waals surface area contributed by atoms with Gasteiger partial charge in [-0.15, -0.1) is 0 Å². The van der Waals surface area contributed by atoms with Crippen LogP contribution in [-0.4, -0.2) is 7.11 Å². The highest BCUT2D eigenvalue weighted by Crippen LogP contribution is 2.46. The molecule has 2 atom stereocenters. The molecule has 0 radical (unpaired) electrons. The fourth-order valence-corrected chi connectivity index (χ4v) is 4.06. The van der Waals surface area contributed by atoms with Crippen LogP contribution < -0.4 is 4.74 Å². The number of hydrogen-bond donors (Lipinski definition) is 0. The predicted molar refractivity (Wildman–Crippen MR) is 98.8 cm³/mol. The molecule has 0 aromatic heterocycles. The second-order valence-corrected chi connectivity index (χ2v) is 6.51. The highest BCUT2D eigenvalue weighted by atomic mass is 16.5. The SMILES string of the molecule is COc1ccc2c(c1)CC[C@@H](c1ccccc1)[C@H]2c1ccccc1. The summed E-state index contributed by atoms with van der Waals surface area (Å²) in [5.74, 6) is 1.89. The molecule has 0 amide bonds. The van der Waals surface area contributed by atoms with Crippen LogP contribution in [0, 0.1) is 0 Å². The van der Waals surface area contributed by atoms with Crippen molar-refractivity contribution in [3.05, 3.63) is 101 Å². The van der Waals surface area contributed by atoms with Crippen molar-refractivity contribution in [1.82, 2.24) is 0 Å². The minimum absolute atomic E-state index is 0.406. The Balaban J connectivity index is 1.84.